The molecule has 2 aromatic heterocycles. The molecule has 1 N–H and O–H groups in total. The lowest BCUT2D eigenvalue weighted by molar-refractivity contribution is 0.251. The lowest BCUT2D eigenvalue weighted by atomic mass is 9.99. The van der Waals surface area contributed by atoms with Crippen LogP contribution in [0.1, 0.15) is 36.8 Å². The first-order valence-electron chi connectivity index (χ1n) is 8.98. The minimum atomic E-state index is -2.37. The Labute approximate surface area is 157 Å². The number of rotatable bonds is 8. The third-order valence-corrected chi connectivity index (χ3v) is 5.32. The maximum atomic E-state index is 12.2. The molecule has 0 aromatic carbocycles. The maximum Gasteiger partial charge on any atom is 0.284 e. The van der Waals surface area contributed by atoms with E-state index < -0.39 is 5.76 Å². The molecule has 0 amide bonds. The molecular weight excluding hydrogens is 356 g/mol. The highest BCUT2D eigenvalue weighted by molar-refractivity contribution is 7.98. The smallest absolute Gasteiger partial charge is 0.284 e. The van der Waals surface area contributed by atoms with E-state index in [0.29, 0.717) is 30.6 Å². The molecule has 3 heterocycles. The summed E-state index contributed by atoms with van der Waals surface area (Å²) >= 11 is 0.572. The van der Waals surface area contributed by atoms with Gasteiger partial charge in [0.15, 0.2) is 0 Å². The van der Waals surface area contributed by atoms with Crippen LogP contribution in [-0.2, 0) is 18.8 Å². The average Bonchev–Trinajstić information content (AvgIpc) is 3.09. The molecule has 26 heavy (non-hydrogen) atoms. The maximum absolute atomic E-state index is 12.2. The second-order valence-electron chi connectivity index (χ2n) is 6.74. The number of anilines is 1. The number of thioether (sulfide) groups is 1. The van der Waals surface area contributed by atoms with Crippen LogP contribution >= 0.6 is 11.8 Å². The monoisotopic (exact) mass is 381 g/mol. The van der Waals surface area contributed by atoms with Crippen LogP contribution in [0.5, 0.6) is 0 Å². The van der Waals surface area contributed by atoms with Gasteiger partial charge in [0.25, 0.3) is 5.76 Å². The van der Waals surface area contributed by atoms with Crippen molar-refractivity contribution in [3.63, 3.8) is 0 Å². The molecule has 0 saturated carbocycles. The summed E-state index contributed by atoms with van der Waals surface area (Å²) in [6.07, 6.45) is 4.37. The predicted molar refractivity (Wildman–Crippen MR) is 101 cm³/mol. The molecule has 1 saturated heterocycles. The largest absolute Gasteiger partial charge is 0.464 e. The average molecular weight is 381 g/mol. The Balaban J connectivity index is 1.42. The number of nitrogens with zero attached hydrogens (tertiary/aromatic N) is 2. The minimum Gasteiger partial charge on any atom is -0.464 e. The van der Waals surface area contributed by atoms with Crippen molar-refractivity contribution < 1.29 is 13.2 Å². The quantitative estimate of drug-likeness (QED) is 0.720. The van der Waals surface area contributed by atoms with Crippen molar-refractivity contribution in [3.8, 4) is 0 Å². The number of nitrogens with one attached hydrogen (secondary N) is 1. The van der Waals surface area contributed by atoms with Gasteiger partial charge >= 0.3 is 0 Å². The zero-order valence-electron chi connectivity index (χ0n) is 15.0. The fourth-order valence-electron chi connectivity index (χ4n) is 3.02. The van der Waals surface area contributed by atoms with Gasteiger partial charge in [-0.3, -0.25) is 0 Å². The van der Waals surface area contributed by atoms with Gasteiger partial charge in [0, 0.05) is 25.8 Å². The molecule has 1 aliphatic rings. The van der Waals surface area contributed by atoms with Crippen molar-refractivity contribution in [2.45, 2.75) is 44.4 Å². The number of aromatic nitrogens is 1. The van der Waals surface area contributed by atoms with E-state index in [1.165, 1.54) is 12.8 Å². The van der Waals surface area contributed by atoms with E-state index in [-0.39, 0.29) is 5.75 Å². The summed E-state index contributed by atoms with van der Waals surface area (Å²) in [6.45, 7) is 5.71. The molecule has 0 unspecified atom stereocenters. The number of hydrogen-bond donors (Lipinski definition) is 1. The number of piperidine rings is 1. The molecule has 0 atom stereocenters. The van der Waals surface area contributed by atoms with E-state index in [2.05, 4.69) is 34.3 Å². The van der Waals surface area contributed by atoms with Crippen LogP contribution in [0.25, 0.3) is 0 Å². The predicted octanol–water partition coefficient (Wildman–Crippen LogP) is 4.66. The molecule has 7 heteroatoms. The van der Waals surface area contributed by atoms with Gasteiger partial charge in [-0.25, -0.2) is 4.98 Å². The van der Waals surface area contributed by atoms with Gasteiger partial charge in [0.2, 0.25) is 0 Å². The topological polar surface area (TPSA) is 41.3 Å². The molecule has 142 valence electrons. The fraction of sp³-hybridized carbons (Fsp3) is 0.526. The molecule has 4 nitrogen and oxygen atoms in total. The number of furan rings is 1. The minimum absolute atomic E-state index is 0.193. The van der Waals surface area contributed by atoms with Gasteiger partial charge in [0.05, 0.1) is 12.3 Å². The molecule has 0 bridgehead atoms. The van der Waals surface area contributed by atoms with Crippen molar-refractivity contribution >= 4 is 17.6 Å². The first-order chi connectivity index (χ1) is 12.6. The van der Waals surface area contributed by atoms with E-state index in [1.54, 1.807) is 6.07 Å². The van der Waals surface area contributed by atoms with E-state index in [4.69, 9.17) is 4.42 Å². The summed E-state index contributed by atoms with van der Waals surface area (Å²) in [7, 11) is 0. The lowest BCUT2D eigenvalue weighted by Crippen LogP contribution is -2.33. The highest BCUT2D eigenvalue weighted by atomic mass is 32.2. The number of alkyl halides is 2. The Morgan fingerprint density at radius 3 is 2.65 bits per heavy atom. The molecule has 0 spiro atoms. The third kappa shape index (κ3) is 5.71. The molecule has 1 aliphatic heterocycles. The second-order valence-corrected chi connectivity index (χ2v) is 7.72. The molecule has 0 radical (unpaired) electrons. The van der Waals surface area contributed by atoms with Crippen molar-refractivity contribution in [2.24, 2.45) is 5.92 Å². The zero-order chi connectivity index (χ0) is 18.4. The van der Waals surface area contributed by atoms with Gasteiger partial charge in [-0.05, 0) is 42.5 Å². The van der Waals surface area contributed by atoms with Crippen molar-refractivity contribution in [1.82, 2.24) is 10.3 Å². The first kappa shape index (κ1) is 19.2. The number of hydrogen-bond acceptors (Lipinski definition) is 5. The standard InChI is InChI=1S/C19H25F2N3OS/c1-14-6-8-24(9-7-14)18-5-2-15(11-23-18)10-22-12-16-3-4-17(25-16)13-26-19(20)21/h2-5,11,14,19,22H,6-10,12-13H2,1H3. The zero-order valence-corrected chi connectivity index (χ0v) is 15.8. The van der Waals surface area contributed by atoms with Crippen LogP contribution in [0.2, 0.25) is 0 Å². The highest BCUT2D eigenvalue weighted by Gasteiger charge is 2.16. The summed E-state index contributed by atoms with van der Waals surface area (Å²) in [5.74, 6) is 1.01. The Kier molecular flexibility index (Phi) is 6.91. The van der Waals surface area contributed by atoms with E-state index in [9.17, 15) is 8.78 Å². The van der Waals surface area contributed by atoms with Crippen LogP contribution < -0.4 is 10.2 Å². The van der Waals surface area contributed by atoms with Gasteiger partial charge in [-0.1, -0.05) is 24.8 Å². The Hall–Kier alpha value is -1.60. The molecule has 1 fully saturated rings. The van der Waals surface area contributed by atoms with E-state index >= 15 is 0 Å². The summed E-state index contributed by atoms with van der Waals surface area (Å²) < 4.78 is 29.9. The molecular formula is C19H25F2N3OS. The number of pyridine rings is 1. The van der Waals surface area contributed by atoms with Gasteiger partial charge < -0.3 is 14.6 Å². The van der Waals surface area contributed by atoms with Crippen LogP contribution in [-0.4, -0.2) is 23.8 Å². The van der Waals surface area contributed by atoms with E-state index in [1.807, 2.05) is 12.3 Å². The summed E-state index contributed by atoms with van der Waals surface area (Å²) in [5, 5.41) is 3.30. The van der Waals surface area contributed by atoms with Gasteiger partial charge in [0.1, 0.15) is 17.3 Å². The van der Waals surface area contributed by atoms with E-state index in [0.717, 1.165) is 36.1 Å². The highest BCUT2D eigenvalue weighted by Crippen LogP contribution is 2.22. The third-order valence-electron chi connectivity index (χ3n) is 4.61. The Morgan fingerprint density at radius 1 is 1.19 bits per heavy atom. The number of halogens is 2. The lowest BCUT2D eigenvalue weighted by Gasteiger charge is -2.31. The van der Waals surface area contributed by atoms with Crippen LogP contribution in [0.4, 0.5) is 14.6 Å². The van der Waals surface area contributed by atoms with Crippen molar-refractivity contribution in [2.75, 3.05) is 18.0 Å². The van der Waals surface area contributed by atoms with Crippen molar-refractivity contribution in [1.29, 1.82) is 0 Å². The summed E-state index contributed by atoms with van der Waals surface area (Å²) in [6, 6.07) is 7.76. The molecule has 2 aromatic rings. The van der Waals surface area contributed by atoms with Gasteiger partial charge in [-0.15, -0.1) is 0 Å². The van der Waals surface area contributed by atoms with Crippen LogP contribution in [0, 0.1) is 5.92 Å². The van der Waals surface area contributed by atoms with Crippen LogP contribution in [0.15, 0.2) is 34.9 Å². The Morgan fingerprint density at radius 2 is 1.96 bits per heavy atom. The first-order valence-corrected chi connectivity index (χ1v) is 10.0. The van der Waals surface area contributed by atoms with Gasteiger partial charge in [-0.2, -0.15) is 8.78 Å². The second kappa shape index (κ2) is 9.37. The fourth-order valence-corrected chi connectivity index (χ4v) is 3.46. The summed E-state index contributed by atoms with van der Waals surface area (Å²) in [5.41, 5.74) is 1.11. The molecule has 0 aliphatic carbocycles. The van der Waals surface area contributed by atoms with Crippen molar-refractivity contribution in [3.05, 3.63) is 47.5 Å². The van der Waals surface area contributed by atoms with Crippen LogP contribution in [0.3, 0.4) is 0 Å². The summed E-state index contributed by atoms with van der Waals surface area (Å²) in [4.78, 5) is 6.93. The molecule has 3 rings (SSSR count). The Bertz CT molecular complexity index is 670. The SMILES string of the molecule is CC1CCN(c2ccc(CNCc3ccc(CSC(F)F)o3)cn2)CC1. The normalized spacial score (nSPS) is 15.8.